The van der Waals surface area contributed by atoms with Gasteiger partial charge in [0.05, 0.1) is 0 Å². The van der Waals surface area contributed by atoms with Crippen molar-refractivity contribution < 1.29 is 14.6 Å². The van der Waals surface area contributed by atoms with E-state index >= 15 is 0 Å². The molecule has 0 saturated carbocycles. The van der Waals surface area contributed by atoms with Crippen molar-refractivity contribution in [3.8, 4) is 0 Å². The van der Waals surface area contributed by atoms with E-state index in [0.29, 0.717) is 0 Å². The molecule has 0 aliphatic carbocycles. The van der Waals surface area contributed by atoms with Crippen LogP contribution in [0.3, 0.4) is 0 Å². The minimum Gasteiger partial charge on any atom is -0.241 e. The van der Waals surface area contributed by atoms with Gasteiger partial charge in [0.15, 0.2) is 0 Å². The lowest BCUT2D eigenvalue weighted by Crippen LogP contribution is -1.92. The van der Waals surface area contributed by atoms with Crippen LogP contribution in [0.15, 0.2) is 0 Å². The summed E-state index contributed by atoms with van der Waals surface area (Å²) >= 11 is 0.786. The van der Waals surface area contributed by atoms with Crippen LogP contribution in [0.4, 0.5) is 0 Å². The summed E-state index contributed by atoms with van der Waals surface area (Å²) < 4.78 is 6.32. The topological polar surface area (TPSA) is 50.7 Å². The molecule has 0 rings (SSSR count). The molecule has 0 spiro atoms. The first-order valence-electron chi connectivity index (χ1n) is 1.22. The number of hydrogen-bond donors (Lipinski definition) is 2. The summed E-state index contributed by atoms with van der Waals surface area (Å²) in [7, 11) is 1.63. The Labute approximate surface area is 39.6 Å². The molecule has 0 bridgehead atoms. The normalized spacial score (nSPS) is 9.00. The van der Waals surface area contributed by atoms with Crippen molar-refractivity contribution in [1.82, 2.24) is 4.72 Å². The minimum absolute atomic E-state index is 0.786. The fraction of sp³-hybridized carbons (Fsp3) is 1.00. The Morgan fingerprint density at radius 1 is 1.83 bits per heavy atom. The summed E-state index contributed by atoms with van der Waals surface area (Å²) in [6.45, 7) is 0. The summed E-state index contributed by atoms with van der Waals surface area (Å²) in [5.74, 6) is 0. The molecule has 5 heteroatoms. The molecule has 38 valence electrons. The zero-order valence-corrected chi connectivity index (χ0v) is 3.99. The van der Waals surface area contributed by atoms with Crippen molar-refractivity contribution in [2.75, 3.05) is 7.05 Å². The third-order valence-corrected chi connectivity index (χ3v) is 0.443. The van der Waals surface area contributed by atoms with E-state index in [-0.39, 0.29) is 0 Å². The van der Waals surface area contributed by atoms with Crippen molar-refractivity contribution in [2.45, 2.75) is 0 Å². The van der Waals surface area contributed by atoms with Gasteiger partial charge in [-0.05, 0) is 7.05 Å². The standard InChI is InChI=1S/CH5NO3S/c1-2-6-5-4-3/h2-3H,1H3. The second kappa shape index (κ2) is 5.19. The zero-order chi connectivity index (χ0) is 4.83. The number of rotatable bonds is 3. The maximum Gasteiger partial charge on any atom is 0.121 e. The van der Waals surface area contributed by atoms with Crippen LogP contribution in [-0.4, -0.2) is 12.3 Å². The lowest BCUT2D eigenvalue weighted by molar-refractivity contribution is -0.432. The van der Waals surface area contributed by atoms with Crippen LogP contribution in [0.5, 0.6) is 0 Å². The van der Waals surface area contributed by atoms with Crippen LogP contribution in [0.25, 0.3) is 0 Å². The third-order valence-electron chi connectivity index (χ3n) is 0.148. The Bertz CT molecular complexity index is 22.8. The minimum atomic E-state index is 0.786. The fourth-order valence-corrected chi connectivity index (χ4v) is 0.148. The van der Waals surface area contributed by atoms with E-state index < -0.39 is 0 Å². The summed E-state index contributed by atoms with van der Waals surface area (Å²) in [6, 6.07) is 0. The highest BCUT2D eigenvalue weighted by atomic mass is 32.2. The highest BCUT2D eigenvalue weighted by molar-refractivity contribution is 7.92. The van der Waals surface area contributed by atoms with Gasteiger partial charge in [0, 0.05) is 0 Å². The van der Waals surface area contributed by atoms with E-state index in [0.717, 1.165) is 12.2 Å². The van der Waals surface area contributed by atoms with Crippen LogP contribution in [0.1, 0.15) is 0 Å². The molecule has 0 aliphatic rings. The predicted octanol–water partition coefficient (Wildman–Crippen LogP) is 0.190. The van der Waals surface area contributed by atoms with Gasteiger partial charge < -0.3 is 0 Å². The molecule has 0 heterocycles. The molecule has 0 amide bonds. The largest absolute Gasteiger partial charge is 0.241 e. The molecular formula is CH5NO3S. The van der Waals surface area contributed by atoms with Crippen LogP contribution < -0.4 is 4.72 Å². The maximum absolute atomic E-state index is 7.41. The Morgan fingerprint density at radius 2 is 2.50 bits per heavy atom. The molecule has 0 radical (unpaired) electrons. The molecule has 4 nitrogen and oxygen atoms in total. The molecule has 0 fully saturated rings. The van der Waals surface area contributed by atoms with Crippen molar-refractivity contribution in [2.24, 2.45) is 0 Å². The Kier molecular flexibility index (Phi) is 5.35. The van der Waals surface area contributed by atoms with E-state index in [1.165, 1.54) is 0 Å². The summed E-state index contributed by atoms with van der Waals surface area (Å²) in [4.78, 5) is 0. The number of nitrogens with one attached hydrogen (secondary N) is 1. The monoisotopic (exact) mass is 111 g/mol. The highest BCUT2D eigenvalue weighted by Gasteiger charge is 1.75. The van der Waals surface area contributed by atoms with E-state index in [1.807, 2.05) is 0 Å². The van der Waals surface area contributed by atoms with Crippen molar-refractivity contribution >= 4 is 12.2 Å². The van der Waals surface area contributed by atoms with E-state index in [1.54, 1.807) is 7.05 Å². The molecule has 0 aromatic rings. The molecular weight excluding hydrogens is 106 g/mol. The van der Waals surface area contributed by atoms with Gasteiger partial charge in [-0.25, -0.2) is 9.98 Å². The van der Waals surface area contributed by atoms with E-state index in [4.69, 9.17) is 5.26 Å². The molecule has 6 heavy (non-hydrogen) atoms. The fourth-order valence-electron chi connectivity index (χ4n) is 0.0492. The number of hydrogen-bond acceptors (Lipinski definition) is 5. The Hall–Kier alpha value is 0.190. The summed E-state index contributed by atoms with van der Waals surface area (Å²) in [6.07, 6.45) is 0. The van der Waals surface area contributed by atoms with Gasteiger partial charge in [-0.15, -0.1) is 4.33 Å². The second-order valence-corrected chi connectivity index (χ2v) is 1.14. The van der Waals surface area contributed by atoms with Gasteiger partial charge >= 0.3 is 0 Å². The molecule has 0 aromatic heterocycles. The van der Waals surface area contributed by atoms with Gasteiger partial charge in [0.25, 0.3) is 0 Å². The van der Waals surface area contributed by atoms with Crippen molar-refractivity contribution in [3.63, 3.8) is 0 Å². The molecule has 0 unspecified atom stereocenters. The lowest BCUT2D eigenvalue weighted by Gasteiger charge is -1.87. The average molecular weight is 111 g/mol. The van der Waals surface area contributed by atoms with Gasteiger partial charge in [-0.1, -0.05) is 5.04 Å². The van der Waals surface area contributed by atoms with Crippen LogP contribution in [0.2, 0.25) is 0 Å². The highest BCUT2D eigenvalue weighted by Crippen LogP contribution is 1.89. The Morgan fingerprint density at radius 3 is 2.67 bits per heavy atom. The lowest BCUT2D eigenvalue weighted by atomic mass is 11.6. The quantitative estimate of drug-likeness (QED) is 0.179. The summed E-state index contributed by atoms with van der Waals surface area (Å²) in [5.41, 5.74) is 0. The second-order valence-electron chi connectivity index (χ2n) is 0.430. The predicted molar refractivity (Wildman–Crippen MR) is 21.4 cm³/mol. The molecule has 0 aliphatic heterocycles. The van der Waals surface area contributed by atoms with Gasteiger partial charge in [0.1, 0.15) is 12.2 Å². The van der Waals surface area contributed by atoms with E-state index in [2.05, 4.69) is 14.1 Å². The SMILES string of the molecule is CNSOOO. The first-order valence-corrected chi connectivity index (χ1v) is 1.96. The zero-order valence-electron chi connectivity index (χ0n) is 3.17. The first kappa shape index (κ1) is 6.19. The first-order chi connectivity index (χ1) is 2.91. The van der Waals surface area contributed by atoms with Gasteiger partial charge in [0.2, 0.25) is 0 Å². The van der Waals surface area contributed by atoms with Gasteiger partial charge in [-0.3, -0.25) is 0 Å². The van der Waals surface area contributed by atoms with Crippen molar-refractivity contribution in [1.29, 1.82) is 0 Å². The third kappa shape index (κ3) is 4.19. The van der Waals surface area contributed by atoms with Crippen molar-refractivity contribution in [3.05, 3.63) is 0 Å². The smallest absolute Gasteiger partial charge is 0.121 e. The van der Waals surface area contributed by atoms with Crippen LogP contribution in [-0.2, 0) is 9.37 Å². The maximum atomic E-state index is 7.41. The molecule has 0 aromatic carbocycles. The Balaban J connectivity index is 2.34. The van der Waals surface area contributed by atoms with Crippen LogP contribution >= 0.6 is 12.2 Å². The van der Waals surface area contributed by atoms with E-state index in [9.17, 15) is 0 Å². The average Bonchev–Trinajstić information content (AvgIpc) is 1.61. The molecule has 0 saturated heterocycles. The van der Waals surface area contributed by atoms with Crippen LogP contribution in [0, 0.1) is 0 Å². The van der Waals surface area contributed by atoms with Gasteiger partial charge in [-0.2, -0.15) is 0 Å². The summed E-state index contributed by atoms with van der Waals surface area (Å²) in [5, 5.41) is 10.6. The molecule has 2 N–H and O–H groups in total. The molecule has 0 atom stereocenters.